The van der Waals surface area contributed by atoms with Crippen molar-refractivity contribution in [3.8, 4) is 5.75 Å². The van der Waals surface area contributed by atoms with Crippen molar-refractivity contribution in [2.45, 2.75) is 25.5 Å². The first kappa shape index (κ1) is 23.3. The Labute approximate surface area is 169 Å². The average molecular weight is 427 g/mol. The van der Waals surface area contributed by atoms with E-state index >= 15 is 0 Å². The van der Waals surface area contributed by atoms with Crippen LogP contribution in [0, 0.1) is 18.6 Å². The fourth-order valence-electron chi connectivity index (χ4n) is 2.42. The molecule has 2 nitrogen and oxygen atoms in total. The molecule has 0 saturated heterocycles. The first-order valence-electron chi connectivity index (χ1n) is 8.76. The van der Waals surface area contributed by atoms with Crippen LogP contribution in [0.1, 0.15) is 22.7 Å². The van der Waals surface area contributed by atoms with Gasteiger partial charge in [-0.2, -0.15) is 17.6 Å². The van der Waals surface area contributed by atoms with Crippen molar-refractivity contribution in [1.82, 2.24) is 0 Å². The van der Waals surface area contributed by atoms with Crippen molar-refractivity contribution >= 4 is 0 Å². The largest absolute Gasteiger partial charge is 0.461 e. The molecule has 3 rings (SSSR count). The van der Waals surface area contributed by atoms with Crippen molar-refractivity contribution in [3.05, 3.63) is 101 Å². The van der Waals surface area contributed by atoms with Gasteiger partial charge >= 0.3 is 12.5 Å². The number of rotatable bonds is 5. The SMILES string of the molecule is Cc1ccccc1.NC(c1ccc(F)cc1)c1cc(F)cc(OC(F)(F)C(F)F)c1. The van der Waals surface area contributed by atoms with Crippen LogP contribution in [0.25, 0.3) is 0 Å². The second kappa shape index (κ2) is 10.2. The Morgan fingerprint density at radius 3 is 1.90 bits per heavy atom. The van der Waals surface area contributed by atoms with Crippen LogP contribution in [0.15, 0.2) is 72.8 Å². The van der Waals surface area contributed by atoms with Crippen LogP contribution in [0.3, 0.4) is 0 Å². The molecule has 30 heavy (non-hydrogen) atoms. The van der Waals surface area contributed by atoms with E-state index < -0.39 is 36.0 Å². The minimum atomic E-state index is -4.76. The number of benzene rings is 3. The second-order valence-electron chi connectivity index (χ2n) is 6.37. The highest BCUT2D eigenvalue weighted by Crippen LogP contribution is 2.31. The predicted molar refractivity (Wildman–Crippen MR) is 102 cm³/mol. The minimum Gasteiger partial charge on any atom is -0.428 e. The van der Waals surface area contributed by atoms with Gasteiger partial charge in [-0.3, -0.25) is 0 Å². The molecule has 1 unspecified atom stereocenters. The standard InChI is InChI=1S/C15H11F6NO.C7H8/c16-10-3-1-8(2-4-10)13(22)9-5-11(17)7-12(6-9)23-15(20,21)14(18)19;1-7-5-3-2-4-6-7/h1-7,13-14H,22H2;2-6H,1H3. The van der Waals surface area contributed by atoms with Crippen molar-refractivity contribution in [1.29, 1.82) is 0 Å². The molecule has 0 radical (unpaired) electrons. The van der Waals surface area contributed by atoms with Crippen LogP contribution in [0.4, 0.5) is 26.3 Å². The van der Waals surface area contributed by atoms with E-state index in [1.807, 2.05) is 18.2 Å². The third-order valence-corrected chi connectivity index (χ3v) is 3.93. The highest BCUT2D eigenvalue weighted by Gasteiger charge is 2.44. The van der Waals surface area contributed by atoms with Crippen molar-refractivity contribution in [3.63, 3.8) is 0 Å². The zero-order valence-corrected chi connectivity index (χ0v) is 15.8. The number of hydrogen-bond donors (Lipinski definition) is 1. The van der Waals surface area contributed by atoms with Gasteiger partial charge in [0.15, 0.2) is 0 Å². The molecule has 0 aromatic heterocycles. The Morgan fingerprint density at radius 1 is 0.800 bits per heavy atom. The molecule has 0 aliphatic heterocycles. The van der Waals surface area contributed by atoms with Crippen molar-refractivity contribution < 1.29 is 31.1 Å². The van der Waals surface area contributed by atoms with Crippen LogP contribution in [-0.2, 0) is 0 Å². The maximum absolute atomic E-state index is 13.5. The van der Waals surface area contributed by atoms with E-state index in [0.29, 0.717) is 11.6 Å². The number of ether oxygens (including phenoxy) is 1. The Bertz CT molecular complexity index is 932. The highest BCUT2D eigenvalue weighted by atomic mass is 19.3. The van der Waals surface area contributed by atoms with Crippen LogP contribution < -0.4 is 10.5 Å². The van der Waals surface area contributed by atoms with Gasteiger partial charge in [0.25, 0.3) is 0 Å². The lowest BCUT2D eigenvalue weighted by Gasteiger charge is -2.19. The Morgan fingerprint density at radius 2 is 1.40 bits per heavy atom. The van der Waals surface area contributed by atoms with E-state index in [0.717, 1.165) is 24.3 Å². The summed E-state index contributed by atoms with van der Waals surface area (Å²) in [5.41, 5.74) is 7.56. The zero-order valence-electron chi connectivity index (χ0n) is 15.8. The maximum atomic E-state index is 13.5. The van der Waals surface area contributed by atoms with Gasteiger partial charge in [0, 0.05) is 6.07 Å². The van der Waals surface area contributed by atoms with Gasteiger partial charge in [0.1, 0.15) is 17.4 Å². The van der Waals surface area contributed by atoms with Crippen LogP contribution in [0.5, 0.6) is 5.75 Å². The number of halogens is 6. The monoisotopic (exact) mass is 427 g/mol. The normalized spacial score (nSPS) is 12.2. The lowest BCUT2D eigenvalue weighted by molar-refractivity contribution is -0.253. The molecule has 0 bridgehead atoms. The molecular weight excluding hydrogens is 408 g/mol. The Hall–Kier alpha value is -3.00. The summed E-state index contributed by atoms with van der Waals surface area (Å²) in [6, 6.07) is 16.6. The summed E-state index contributed by atoms with van der Waals surface area (Å²) in [6.07, 6.45) is -8.83. The molecule has 8 heteroatoms. The number of nitrogens with two attached hydrogens (primary N) is 1. The fourth-order valence-corrected chi connectivity index (χ4v) is 2.42. The predicted octanol–water partition coefficient (Wildman–Crippen LogP) is 6.24. The highest BCUT2D eigenvalue weighted by molar-refractivity contribution is 5.37. The second-order valence-corrected chi connectivity index (χ2v) is 6.37. The fraction of sp³-hybridized carbons (Fsp3) is 0.182. The summed E-state index contributed by atoms with van der Waals surface area (Å²) < 4.78 is 80.3. The summed E-state index contributed by atoms with van der Waals surface area (Å²) in [6.45, 7) is 2.08. The summed E-state index contributed by atoms with van der Waals surface area (Å²) >= 11 is 0. The first-order valence-corrected chi connectivity index (χ1v) is 8.76. The van der Waals surface area contributed by atoms with E-state index in [1.165, 1.54) is 17.7 Å². The minimum absolute atomic E-state index is 0.0108. The molecule has 0 heterocycles. The molecule has 1 atom stereocenters. The van der Waals surface area contributed by atoms with Crippen molar-refractivity contribution in [2.24, 2.45) is 5.73 Å². The summed E-state index contributed by atoms with van der Waals surface area (Å²) in [7, 11) is 0. The molecule has 0 spiro atoms. The lowest BCUT2D eigenvalue weighted by atomic mass is 9.99. The summed E-state index contributed by atoms with van der Waals surface area (Å²) in [5.74, 6) is -2.29. The van der Waals surface area contributed by atoms with Crippen molar-refractivity contribution in [2.75, 3.05) is 0 Å². The van der Waals surface area contributed by atoms with E-state index in [-0.39, 0.29) is 5.56 Å². The van der Waals surface area contributed by atoms with Gasteiger partial charge in [0.2, 0.25) is 0 Å². The van der Waals surface area contributed by atoms with E-state index in [1.54, 1.807) is 0 Å². The third kappa shape index (κ3) is 6.81. The van der Waals surface area contributed by atoms with E-state index in [9.17, 15) is 26.3 Å². The molecule has 0 fully saturated rings. The molecule has 0 aliphatic carbocycles. The third-order valence-electron chi connectivity index (χ3n) is 3.93. The molecular formula is C22H19F6NO. The average Bonchev–Trinajstić information content (AvgIpc) is 2.68. The molecule has 0 saturated carbocycles. The molecule has 2 N–H and O–H groups in total. The molecule has 160 valence electrons. The topological polar surface area (TPSA) is 35.2 Å². The van der Waals surface area contributed by atoms with Gasteiger partial charge in [-0.15, -0.1) is 0 Å². The van der Waals surface area contributed by atoms with Crippen LogP contribution in [0.2, 0.25) is 0 Å². The molecule has 3 aromatic carbocycles. The van der Waals surface area contributed by atoms with E-state index in [2.05, 4.69) is 23.8 Å². The van der Waals surface area contributed by atoms with Gasteiger partial charge < -0.3 is 10.5 Å². The van der Waals surface area contributed by atoms with Gasteiger partial charge in [-0.1, -0.05) is 48.0 Å². The summed E-state index contributed by atoms with van der Waals surface area (Å²) in [5, 5.41) is 0. The van der Waals surface area contributed by atoms with E-state index in [4.69, 9.17) is 5.73 Å². The van der Waals surface area contributed by atoms with Crippen LogP contribution in [-0.4, -0.2) is 12.5 Å². The van der Waals surface area contributed by atoms with Gasteiger partial charge in [-0.05, 0) is 42.3 Å². The Kier molecular flexibility index (Phi) is 7.88. The number of hydrogen-bond acceptors (Lipinski definition) is 2. The number of alkyl halides is 4. The molecule has 0 amide bonds. The lowest BCUT2D eigenvalue weighted by Crippen LogP contribution is -2.33. The Balaban J connectivity index is 0.000000386. The summed E-state index contributed by atoms with van der Waals surface area (Å²) in [4.78, 5) is 0. The molecule has 0 aliphatic rings. The first-order chi connectivity index (χ1) is 14.1. The number of aryl methyl sites for hydroxylation is 1. The quantitative estimate of drug-likeness (QED) is 0.489. The van der Waals surface area contributed by atoms with Crippen LogP contribution >= 0.6 is 0 Å². The van der Waals surface area contributed by atoms with Gasteiger partial charge in [-0.25, -0.2) is 8.78 Å². The maximum Gasteiger partial charge on any atom is 0.461 e. The van der Waals surface area contributed by atoms with Gasteiger partial charge in [0.05, 0.1) is 6.04 Å². The molecule has 3 aromatic rings. The zero-order chi connectivity index (χ0) is 22.3. The smallest absolute Gasteiger partial charge is 0.428 e.